The van der Waals surface area contributed by atoms with Crippen molar-refractivity contribution in [3.05, 3.63) is 120 Å². The van der Waals surface area contributed by atoms with Crippen LogP contribution in [-0.4, -0.2) is 8.07 Å². The first-order chi connectivity index (χ1) is 22.5. The van der Waals surface area contributed by atoms with Gasteiger partial charge in [0.15, 0.2) is 0 Å². The maximum atomic E-state index is 2.88. The van der Waals surface area contributed by atoms with E-state index in [4.69, 9.17) is 0 Å². The summed E-state index contributed by atoms with van der Waals surface area (Å²) in [6.07, 6.45) is 13.1. The molecule has 9 unspecified atom stereocenters. The van der Waals surface area contributed by atoms with E-state index in [2.05, 4.69) is 129 Å². The molecule has 4 aliphatic carbocycles. The van der Waals surface area contributed by atoms with E-state index in [1.165, 1.54) is 80.0 Å². The van der Waals surface area contributed by atoms with Gasteiger partial charge in [0.1, 0.15) is 0 Å². The Labute approximate surface area is 280 Å². The Balaban J connectivity index is 0.996. The molecule has 0 N–H and O–H groups in total. The molecule has 4 fully saturated rings. The minimum atomic E-state index is -1.48. The Hall–Kier alpha value is -2.90. The molecule has 9 atom stereocenters. The lowest BCUT2D eigenvalue weighted by molar-refractivity contribution is 0.227. The maximum Gasteiger partial charge on any atom is 0.0544 e. The molecule has 0 amide bonds. The van der Waals surface area contributed by atoms with Gasteiger partial charge in [-0.2, -0.15) is 0 Å². The largest absolute Gasteiger partial charge is 0.0689 e. The Morgan fingerprint density at radius 1 is 0.457 bits per heavy atom. The van der Waals surface area contributed by atoms with Crippen LogP contribution in [0.3, 0.4) is 0 Å². The van der Waals surface area contributed by atoms with Crippen LogP contribution in [-0.2, 0) is 0 Å². The van der Waals surface area contributed by atoms with Gasteiger partial charge in [0, 0.05) is 0 Å². The summed E-state index contributed by atoms with van der Waals surface area (Å²) in [6, 6.07) is 41.4. The molecular weight excluding hydrogens is 569 g/mol. The summed E-state index contributed by atoms with van der Waals surface area (Å²) in [5.41, 5.74) is 10.6. The number of hydrogen-bond donors (Lipinski definition) is 0. The predicted octanol–water partition coefficient (Wildman–Crippen LogP) is 13.0. The van der Waals surface area contributed by atoms with Crippen LogP contribution in [0.15, 0.2) is 109 Å². The molecule has 0 bridgehead atoms. The van der Waals surface area contributed by atoms with E-state index in [1.54, 1.807) is 11.1 Å². The highest BCUT2D eigenvalue weighted by molar-refractivity contribution is 6.80. The average Bonchev–Trinajstić information content (AvgIpc) is 3.71. The molecule has 8 rings (SSSR count). The second-order valence-electron chi connectivity index (χ2n) is 16.5. The molecule has 0 aliphatic heterocycles. The van der Waals surface area contributed by atoms with Gasteiger partial charge in [-0.15, -0.1) is 0 Å². The first kappa shape index (κ1) is 30.4. The van der Waals surface area contributed by atoms with E-state index < -0.39 is 8.07 Å². The van der Waals surface area contributed by atoms with Gasteiger partial charge in [-0.25, -0.2) is 0 Å². The van der Waals surface area contributed by atoms with E-state index in [0.29, 0.717) is 0 Å². The molecule has 0 aromatic heterocycles. The molecule has 238 valence electrons. The lowest BCUT2D eigenvalue weighted by Crippen LogP contribution is -2.45. The van der Waals surface area contributed by atoms with Crippen LogP contribution in [0, 0.1) is 29.6 Å². The SMILES string of the molecule is CC1CC2C(c3ccc(-c4ccccc4)cc3)CCCC2C1[Si](C)(C)C1CCC2C(c3ccc(-c4ccccc4)cc3)CCCC21. The van der Waals surface area contributed by atoms with E-state index >= 15 is 0 Å². The Kier molecular flexibility index (Phi) is 8.34. The summed E-state index contributed by atoms with van der Waals surface area (Å²) in [4.78, 5) is 0. The van der Waals surface area contributed by atoms with Gasteiger partial charge in [0.05, 0.1) is 8.07 Å². The van der Waals surface area contributed by atoms with Crippen LogP contribution in [0.4, 0.5) is 0 Å². The van der Waals surface area contributed by atoms with Crippen LogP contribution in [0.25, 0.3) is 22.3 Å². The molecule has 4 saturated carbocycles. The number of hydrogen-bond acceptors (Lipinski definition) is 0. The Morgan fingerprint density at radius 3 is 1.48 bits per heavy atom. The zero-order chi connectivity index (χ0) is 31.3. The first-order valence-corrected chi connectivity index (χ1v) is 22.0. The Bertz CT molecular complexity index is 1590. The van der Waals surface area contributed by atoms with Crippen molar-refractivity contribution in [2.75, 3.05) is 0 Å². The van der Waals surface area contributed by atoms with Crippen LogP contribution in [0.2, 0.25) is 24.2 Å². The fourth-order valence-electron chi connectivity index (χ4n) is 12.3. The fraction of sp³-hybridized carbons (Fsp3) is 0.467. The summed E-state index contributed by atoms with van der Waals surface area (Å²) in [5, 5.41) is 0. The maximum absolute atomic E-state index is 2.88. The van der Waals surface area contributed by atoms with Crippen LogP contribution >= 0.6 is 0 Å². The fourth-order valence-corrected chi connectivity index (χ4v) is 18.3. The van der Waals surface area contributed by atoms with Crippen molar-refractivity contribution in [1.82, 2.24) is 0 Å². The molecular formula is C45H54Si. The minimum absolute atomic E-state index is 0.759. The average molecular weight is 623 g/mol. The van der Waals surface area contributed by atoms with Gasteiger partial charge >= 0.3 is 0 Å². The highest BCUT2D eigenvalue weighted by Gasteiger charge is 2.57. The second-order valence-corrected chi connectivity index (χ2v) is 21.5. The van der Waals surface area contributed by atoms with Crippen LogP contribution in [0.1, 0.15) is 87.7 Å². The quantitative estimate of drug-likeness (QED) is 0.188. The summed E-state index contributed by atoms with van der Waals surface area (Å²) in [5.74, 6) is 6.13. The molecule has 46 heavy (non-hydrogen) atoms. The molecule has 4 aliphatic rings. The van der Waals surface area contributed by atoms with Gasteiger partial charge in [-0.3, -0.25) is 0 Å². The van der Waals surface area contributed by atoms with E-state index in [-0.39, 0.29) is 0 Å². The van der Waals surface area contributed by atoms with Gasteiger partial charge in [-0.05, 0) is 112 Å². The normalized spacial score (nSPS) is 32.5. The van der Waals surface area contributed by atoms with Crippen LogP contribution in [0.5, 0.6) is 0 Å². The monoisotopic (exact) mass is 622 g/mol. The van der Waals surface area contributed by atoms with Crippen molar-refractivity contribution in [2.45, 2.75) is 101 Å². The third-order valence-corrected chi connectivity index (χ3v) is 19.3. The van der Waals surface area contributed by atoms with Crippen molar-refractivity contribution < 1.29 is 0 Å². The van der Waals surface area contributed by atoms with Crippen molar-refractivity contribution in [3.8, 4) is 22.3 Å². The van der Waals surface area contributed by atoms with Gasteiger partial charge in [0.25, 0.3) is 0 Å². The molecule has 1 heteroatoms. The van der Waals surface area contributed by atoms with Gasteiger partial charge in [-0.1, -0.05) is 161 Å². The molecule has 4 aromatic carbocycles. The predicted molar refractivity (Wildman–Crippen MR) is 199 cm³/mol. The summed E-state index contributed by atoms with van der Waals surface area (Å²) in [6.45, 7) is 8.43. The third-order valence-electron chi connectivity index (χ3n) is 14.0. The van der Waals surface area contributed by atoms with E-state index in [9.17, 15) is 0 Å². The van der Waals surface area contributed by atoms with Gasteiger partial charge in [0.2, 0.25) is 0 Å². The molecule has 0 nitrogen and oxygen atoms in total. The lowest BCUT2D eigenvalue weighted by atomic mass is 9.70. The first-order valence-electron chi connectivity index (χ1n) is 18.8. The van der Waals surface area contributed by atoms with Crippen molar-refractivity contribution in [1.29, 1.82) is 0 Å². The summed E-state index contributed by atoms with van der Waals surface area (Å²) in [7, 11) is -1.48. The molecule has 0 heterocycles. The van der Waals surface area contributed by atoms with Crippen molar-refractivity contribution >= 4 is 8.07 Å². The second kappa shape index (κ2) is 12.6. The summed E-state index contributed by atoms with van der Waals surface area (Å²) >= 11 is 0. The third kappa shape index (κ3) is 5.45. The molecule has 4 aromatic rings. The smallest absolute Gasteiger partial charge is 0.0544 e. The number of fused-ring (bicyclic) bond motifs is 2. The topological polar surface area (TPSA) is 0 Å². The van der Waals surface area contributed by atoms with Crippen LogP contribution < -0.4 is 0 Å². The van der Waals surface area contributed by atoms with E-state index in [0.717, 1.165) is 52.5 Å². The zero-order valence-corrected chi connectivity index (χ0v) is 29.5. The molecule has 0 saturated heterocycles. The van der Waals surface area contributed by atoms with Crippen molar-refractivity contribution in [3.63, 3.8) is 0 Å². The lowest BCUT2D eigenvalue weighted by Gasteiger charge is -2.48. The number of rotatable bonds is 6. The standard InChI is InChI=1S/C45H54Si/c1-31-30-43-39(37-26-22-35(23-27-37)33-14-8-5-9-15-33)17-11-19-42(43)45(31)46(2,3)44-29-28-40-38(16-10-18-41(40)44)36-24-20-34(21-25-36)32-12-6-4-7-13-32/h4-9,12-15,20-27,31,38-45H,10-11,16-19,28-30H2,1-3H3. The minimum Gasteiger partial charge on any atom is -0.0689 e. The van der Waals surface area contributed by atoms with E-state index in [1.807, 2.05) is 0 Å². The molecule has 0 radical (unpaired) electrons. The highest BCUT2D eigenvalue weighted by atomic mass is 28.3. The zero-order valence-electron chi connectivity index (χ0n) is 28.5. The summed E-state index contributed by atoms with van der Waals surface area (Å²) < 4.78 is 0. The van der Waals surface area contributed by atoms with Crippen molar-refractivity contribution in [2.24, 2.45) is 29.6 Å². The number of benzene rings is 4. The Morgan fingerprint density at radius 2 is 0.935 bits per heavy atom. The van der Waals surface area contributed by atoms with Gasteiger partial charge < -0.3 is 0 Å². The molecule has 0 spiro atoms. The highest BCUT2D eigenvalue weighted by Crippen LogP contribution is 2.66.